The summed E-state index contributed by atoms with van der Waals surface area (Å²) in [5, 5.41) is 0. The summed E-state index contributed by atoms with van der Waals surface area (Å²) in [6.07, 6.45) is 7.31. The summed E-state index contributed by atoms with van der Waals surface area (Å²) < 4.78 is 5.73. The Morgan fingerprint density at radius 1 is 1.24 bits per heavy atom. The second-order valence-electron chi connectivity index (χ2n) is 6.47. The highest BCUT2D eigenvalue weighted by molar-refractivity contribution is 5.93. The minimum absolute atomic E-state index is 0.0731. The number of pyridine rings is 2. The SMILES string of the molecule is CN(C)c1ccnc(C(=O)N(Cc2ccncc2)C[C@@H]2CCCO2)c1. The number of rotatable bonds is 6. The van der Waals surface area contributed by atoms with Crippen LogP contribution in [0.4, 0.5) is 5.69 Å². The molecule has 1 atom stereocenters. The normalized spacial score (nSPS) is 16.6. The van der Waals surface area contributed by atoms with Crippen molar-refractivity contribution in [2.24, 2.45) is 0 Å². The molecule has 3 heterocycles. The molecule has 2 aromatic heterocycles. The van der Waals surface area contributed by atoms with Gasteiger partial charge in [0, 0.05) is 58.1 Å². The molecule has 1 fully saturated rings. The third-order valence-electron chi connectivity index (χ3n) is 4.34. The summed E-state index contributed by atoms with van der Waals surface area (Å²) in [6, 6.07) is 7.58. The first kappa shape index (κ1) is 17.4. The highest BCUT2D eigenvalue weighted by atomic mass is 16.5. The largest absolute Gasteiger partial charge is 0.378 e. The van der Waals surface area contributed by atoms with E-state index >= 15 is 0 Å². The van der Waals surface area contributed by atoms with Crippen molar-refractivity contribution in [1.29, 1.82) is 0 Å². The van der Waals surface area contributed by atoms with E-state index < -0.39 is 0 Å². The van der Waals surface area contributed by atoms with Crippen LogP contribution in [-0.2, 0) is 11.3 Å². The lowest BCUT2D eigenvalue weighted by Crippen LogP contribution is -2.37. The highest BCUT2D eigenvalue weighted by Gasteiger charge is 2.24. The van der Waals surface area contributed by atoms with E-state index in [4.69, 9.17) is 4.74 Å². The summed E-state index contributed by atoms with van der Waals surface area (Å²) in [5.41, 5.74) is 2.46. The minimum atomic E-state index is -0.0731. The first-order valence-corrected chi connectivity index (χ1v) is 8.56. The van der Waals surface area contributed by atoms with Gasteiger partial charge in [-0.15, -0.1) is 0 Å². The van der Waals surface area contributed by atoms with Gasteiger partial charge in [0.15, 0.2) is 0 Å². The monoisotopic (exact) mass is 340 g/mol. The summed E-state index contributed by atoms with van der Waals surface area (Å²) in [5.74, 6) is -0.0731. The first-order chi connectivity index (χ1) is 12.1. The quantitative estimate of drug-likeness (QED) is 0.808. The van der Waals surface area contributed by atoms with Crippen LogP contribution in [0.1, 0.15) is 28.9 Å². The Labute approximate surface area is 148 Å². The molecule has 1 saturated heterocycles. The Morgan fingerprint density at radius 2 is 2.04 bits per heavy atom. The van der Waals surface area contributed by atoms with Crippen LogP contribution in [0.25, 0.3) is 0 Å². The van der Waals surface area contributed by atoms with Crippen molar-refractivity contribution in [2.45, 2.75) is 25.5 Å². The lowest BCUT2D eigenvalue weighted by molar-refractivity contribution is 0.0503. The van der Waals surface area contributed by atoms with E-state index in [1.807, 2.05) is 48.2 Å². The Bertz CT molecular complexity index is 700. The number of aromatic nitrogens is 2. The first-order valence-electron chi connectivity index (χ1n) is 8.56. The molecule has 6 heteroatoms. The zero-order chi connectivity index (χ0) is 17.6. The van der Waals surface area contributed by atoms with Crippen molar-refractivity contribution in [1.82, 2.24) is 14.9 Å². The highest BCUT2D eigenvalue weighted by Crippen LogP contribution is 2.18. The van der Waals surface area contributed by atoms with Gasteiger partial charge in [0.25, 0.3) is 5.91 Å². The number of amides is 1. The molecule has 1 aliphatic rings. The number of carbonyl (C=O) groups excluding carboxylic acids is 1. The van der Waals surface area contributed by atoms with Crippen LogP contribution in [0.15, 0.2) is 42.9 Å². The summed E-state index contributed by atoms with van der Waals surface area (Å²) >= 11 is 0. The van der Waals surface area contributed by atoms with E-state index in [2.05, 4.69) is 9.97 Å². The maximum Gasteiger partial charge on any atom is 0.272 e. The maximum absolute atomic E-state index is 13.1. The number of hydrogen-bond acceptors (Lipinski definition) is 5. The van der Waals surface area contributed by atoms with Gasteiger partial charge >= 0.3 is 0 Å². The van der Waals surface area contributed by atoms with Gasteiger partial charge in [-0.2, -0.15) is 0 Å². The van der Waals surface area contributed by atoms with E-state index in [0.29, 0.717) is 18.8 Å². The third kappa shape index (κ3) is 4.54. The fraction of sp³-hybridized carbons (Fsp3) is 0.421. The molecule has 0 aliphatic carbocycles. The van der Waals surface area contributed by atoms with Crippen LogP contribution in [0.2, 0.25) is 0 Å². The molecular formula is C19H24N4O2. The Morgan fingerprint density at radius 3 is 2.72 bits per heavy atom. The zero-order valence-corrected chi connectivity index (χ0v) is 14.8. The van der Waals surface area contributed by atoms with Gasteiger partial charge in [0.05, 0.1) is 6.10 Å². The average molecular weight is 340 g/mol. The van der Waals surface area contributed by atoms with Crippen LogP contribution in [0.5, 0.6) is 0 Å². The molecule has 132 valence electrons. The minimum Gasteiger partial charge on any atom is -0.378 e. The smallest absolute Gasteiger partial charge is 0.272 e. The van der Waals surface area contributed by atoms with Gasteiger partial charge in [-0.3, -0.25) is 14.8 Å². The third-order valence-corrected chi connectivity index (χ3v) is 4.34. The van der Waals surface area contributed by atoms with Crippen LogP contribution in [0, 0.1) is 0 Å². The fourth-order valence-corrected chi connectivity index (χ4v) is 2.94. The number of ether oxygens (including phenoxy) is 1. The molecule has 6 nitrogen and oxygen atoms in total. The number of nitrogens with zero attached hydrogens (tertiary/aromatic N) is 4. The predicted molar refractivity (Wildman–Crippen MR) is 96.5 cm³/mol. The van der Waals surface area contributed by atoms with Crippen molar-refractivity contribution < 1.29 is 9.53 Å². The van der Waals surface area contributed by atoms with Gasteiger partial charge in [-0.25, -0.2) is 0 Å². The molecule has 2 aromatic rings. The van der Waals surface area contributed by atoms with E-state index in [0.717, 1.165) is 30.7 Å². The molecular weight excluding hydrogens is 316 g/mol. The molecule has 25 heavy (non-hydrogen) atoms. The Balaban J connectivity index is 1.81. The standard InChI is InChI=1S/C19H24N4O2/c1-22(2)16-7-10-21-18(12-16)19(24)23(14-17-4-3-11-25-17)13-15-5-8-20-9-6-15/h5-10,12,17H,3-4,11,13-14H2,1-2H3/t17-/m0/s1. The lowest BCUT2D eigenvalue weighted by atomic mass is 10.2. The van der Waals surface area contributed by atoms with Crippen LogP contribution in [0.3, 0.4) is 0 Å². The van der Waals surface area contributed by atoms with E-state index in [-0.39, 0.29) is 12.0 Å². The molecule has 0 radical (unpaired) electrons. The van der Waals surface area contributed by atoms with E-state index in [9.17, 15) is 4.79 Å². The topological polar surface area (TPSA) is 58.6 Å². The summed E-state index contributed by atoms with van der Waals surface area (Å²) in [7, 11) is 3.90. The van der Waals surface area contributed by atoms with Crippen molar-refractivity contribution in [2.75, 3.05) is 32.1 Å². The van der Waals surface area contributed by atoms with Crippen molar-refractivity contribution in [3.63, 3.8) is 0 Å². The molecule has 3 rings (SSSR count). The van der Waals surface area contributed by atoms with Crippen LogP contribution in [-0.4, -0.2) is 54.1 Å². The zero-order valence-electron chi connectivity index (χ0n) is 14.8. The van der Waals surface area contributed by atoms with Crippen molar-refractivity contribution >= 4 is 11.6 Å². The van der Waals surface area contributed by atoms with Gasteiger partial charge in [0.2, 0.25) is 0 Å². The van der Waals surface area contributed by atoms with E-state index in [1.54, 1.807) is 18.6 Å². The molecule has 1 amide bonds. The molecule has 0 unspecified atom stereocenters. The second-order valence-corrected chi connectivity index (χ2v) is 6.47. The fourth-order valence-electron chi connectivity index (χ4n) is 2.94. The summed E-state index contributed by atoms with van der Waals surface area (Å²) in [6.45, 7) is 1.88. The second kappa shape index (κ2) is 8.07. The van der Waals surface area contributed by atoms with Gasteiger partial charge in [-0.05, 0) is 42.7 Å². The molecule has 1 aliphatic heterocycles. The molecule has 0 N–H and O–H groups in total. The maximum atomic E-state index is 13.1. The number of hydrogen-bond donors (Lipinski definition) is 0. The van der Waals surface area contributed by atoms with E-state index in [1.165, 1.54) is 0 Å². The lowest BCUT2D eigenvalue weighted by Gasteiger charge is -2.25. The molecule has 0 aromatic carbocycles. The Kier molecular flexibility index (Phi) is 5.60. The van der Waals surface area contributed by atoms with Crippen molar-refractivity contribution in [3.05, 3.63) is 54.1 Å². The van der Waals surface area contributed by atoms with Gasteiger partial charge in [0.1, 0.15) is 5.69 Å². The predicted octanol–water partition coefficient (Wildman–Crippen LogP) is 2.36. The molecule has 0 bridgehead atoms. The summed E-state index contributed by atoms with van der Waals surface area (Å²) in [4.78, 5) is 25.2. The van der Waals surface area contributed by atoms with Crippen LogP contribution < -0.4 is 4.90 Å². The van der Waals surface area contributed by atoms with Crippen LogP contribution >= 0.6 is 0 Å². The number of anilines is 1. The van der Waals surface area contributed by atoms with Gasteiger partial charge < -0.3 is 14.5 Å². The van der Waals surface area contributed by atoms with Crippen molar-refractivity contribution in [3.8, 4) is 0 Å². The molecule has 0 saturated carbocycles. The number of carbonyl (C=O) groups is 1. The Hall–Kier alpha value is -2.47. The van der Waals surface area contributed by atoms with Gasteiger partial charge in [-0.1, -0.05) is 0 Å². The molecule has 0 spiro atoms. The average Bonchev–Trinajstić information content (AvgIpc) is 3.14.